The molecule has 0 unspecified atom stereocenters. The van der Waals surface area contributed by atoms with Gasteiger partial charge >= 0.3 is 0 Å². The minimum Gasteiger partial charge on any atom is -0.278 e. The minimum atomic E-state index is 0.875. The molecule has 0 amide bonds. The van der Waals surface area contributed by atoms with E-state index in [2.05, 4.69) is 46.4 Å². The molecule has 0 bridgehead atoms. The van der Waals surface area contributed by atoms with E-state index in [0.29, 0.717) is 0 Å². The first-order chi connectivity index (χ1) is 9.79. The molecule has 1 N–H and O–H groups in total. The van der Waals surface area contributed by atoms with E-state index in [1.807, 2.05) is 18.3 Å². The van der Waals surface area contributed by atoms with Gasteiger partial charge < -0.3 is 0 Å². The third-order valence-corrected chi connectivity index (χ3v) is 3.45. The highest BCUT2D eigenvalue weighted by Gasteiger charge is 2.05. The summed E-state index contributed by atoms with van der Waals surface area (Å²) in [7, 11) is 0. The Labute approximate surface area is 115 Å². The number of H-pyrrole nitrogens is 1. The summed E-state index contributed by atoms with van der Waals surface area (Å²) in [5.74, 6) is 0. The summed E-state index contributed by atoms with van der Waals surface area (Å²) in [5, 5.41) is 8.05. The maximum atomic E-state index is 4.69. The predicted molar refractivity (Wildman–Crippen MR) is 79.4 cm³/mol. The fourth-order valence-corrected chi connectivity index (χ4v) is 2.31. The lowest BCUT2D eigenvalue weighted by Crippen LogP contribution is -1.89. The third-order valence-electron chi connectivity index (χ3n) is 3.45. The number of fused-ring (bicyclic) bond motifs is 2. The lowest BCUT2D eigenvalue weighted by molar-refractivity contribution is 1.12. The highest BCUT2D eigenvalue weighted by molar-refractivity contribution is 5.92. The quantitative estimate of drug-likeness (QED) is 0.570. The van der Waals surface area contributed by atoms with Crippen LogP contribution in [0.5, 0.6) is 0 Å². The maximum absolute atomic E-state index is 4.69. The summed E-state index contributed by atoms with van der Waals surface area (Å²) >= 11 is 0. The summed E-state index contributed by atoms with van der Waals surface area (Å²) in [5.41, 5.74) is 5.94. The first-order valence-corrected chi connectivity index (χ1v) is 6.46. The van der Waals surface area contributed by atoms with E-state index < -0.39 is 0 Å². The molecule has 0 saturated heterocycles. The van der Waals surface area contributed by atoms with Crippen LogP contribution in [-0.2, 0) is 0 Å². The van der Waals surface area contributed by atoms with E-state index in [4.69, 9.17) is 4.98 Å². The van der Waals surface area contributed by atoms with Gasteiger partial charge in [0.15, 0.2) is 0 Å². The van der Waals surface area contributed by atoms with Crippen LogP contribution in [0.1, 0.15) is 5.56 Å². The van der Waals surface area contributed by atoms with Gasteiger partial charge in [-0.3, -0.25) is 10.1 Å². The molecular weight excluding hydrogens is 248 g/mol. The van der Waals surface area contributed by atoms with Crippen LogP contribution >= 0.6 is 0 Å². The second-order valence-corrected chi connectivity index (χ2v) is 4.92. The normalized spacial score (nSPS) is 11.2. The number of hydrogen-bond acceptors (Lipinski definition) is 3. The van der Waals surface area contributed by atoms with Crippen molar-refractivity contribution < 1.29 is 0 Å². The first kappa shape index (κ1) is 11.1. The fourth-order valence-electron chi connectivity index (χ4n) is 2.31. The standard InChI is InChI=1S/C16H12N4/c1-10-2-4-11(5-3-10)16-9-17-14-6-12-8-18-20-13(12)7-15(14)19-16/h2-9H,1H3,(H,18,20). The van der Waals surface area contributed by atoms with Crippen LogP contribution in [0.3, 0.4) is 0 Å². The van der Waals surface area contributed by atoms with Crippen molar-refractivity contribution >= 4 is 21.9 Å². The van der Waals surface area contributed by atoms with Crippen LogP contribution in [0.25, 0.3) is 33.2 Å². The smallest absolute Gasteiger partial charge is 0.0916 e. The van der Waals surface area contributed by atoms with Crippen molar-refractivity contribution in [3.05, 3.63) is 54.4 Å². The molecule has 0 radical (unpaired) electrons. The van der Waals surface area contributed by atoms with Gasteiger partial charge in [0.2, 0.25) is 0 Å². The van der Waals surface area contributed by atoms with Crippen molar-refractivity contribution in [2.45, 2.75) is 6.92 Å². The van der Waals surface area contributed by atoms with Gasteiger partial charge in [-0.05, 0) is 19.1 Å². The number of nitrogens with one attached hydrogen (secondary N) is 1. The van der Waals surface area contributed by atoms with Gasteiger partial charge in [0.25, 0.3) is 0 Å². The average Bonchev–Trinajstić information content (AvgIpc) is 2.92. The fraction of sp³-hybridized carbons (Fsp3) is 0.0625. The molecule has 96 valence electrons. The second kappa shape index (κ2) is 4.13. The van der Waals surface area contributed by atoms with Crippen LogP contribution in [0.15, 0.2) is 48.8 Å². The van der Waals surface area contributed by atoms with E-state index in [9.17, 15) is 0 Å². The second-order valence-electron chi connectivity index (χ2n) is 4.92. The highest BCUT2D eigenvalue weighted by atomic mass is 15.1. The van der Waals surface area contributed by atoms with Crippen molar-refractivity contribution in [2.75, 3.05) is 0 Å². The van der Waals surface area contributed by atoms with Gasteiger partial charge in [0.1, 0.15) is 0 Å². The predicted octanol–water partition coefficient (Wildman–Crippen LogP) is 3.48. The number of aromatic nitrogens is 4. The van der Waals surface area contributed by atoms with E-state index in [0.717, 1.165) is 33.2 Å². The Morgan fingerprint density at radius 2 is 1.80 bits per heavy atom. The van der Waals surface area contributed by atoms with Crippen molar-refractivity contribution in [3.63, 3.8) is 0 Å². The molecule has 0 aliphatic carbocycles. The topological polar surface area (TPSA) is 54.5 Å². The molecule has 4 aromatic rings. The monoisotopic (exact) mass is 260 g/mol. The Hall–Kier alpha value is -2.75. The SMILES string of the molecule is Cc1ccc(-c2cnc3cc4cn[nH]c4cc3n2)cc1. The maximum Gasteiger partial charge on any atom is 0.0916 e. The number of rotatable bonds is 1. The number of aryl methyl sites for hydroxylation is 1. The van der Waals surface area contributed by atoms with Crippen molar-refractivity contribution in [1.29, 1.82) is 0 Å². The number of benzene rings is 2. The summed E-state index contributed by atoms with van der Waals surface area (Å²) < 4.78 is 0. The zero-order valence-corrected chi connectivity index (χ0v) is 11.0. The van der Waals surface area contributed by atoms with Crippen molar-refractivity contribution in [3.8, 4) is 11.3 Å². The zero-order chi connectivity index (χ0) is 13.5. The van der Waals surface area contributed by atoms with Gasteiger partial charge in [-0.15, -0.1) is 0 Å². The summed E-state index contributed by atoms with van der Waals surface area (Å²) in [4.78, 5) is 9.20. The molecular formula is C16H12N4. The molecule has 0 saturated carbocycles. The summed E-state index contributed by atoms with van der Waals surface area (Å²) in [6.45, 7) is 2.07. The van der Waals surface area contributed by atoms with E-state index >= 15 is 0 Å². The molecule has 2 heterocycles. The van der Waals surface area contributed by atoms with Gasteiger partial charge in [0.05, 0.1) is 34.6 Å². The van der Waals surface area contributed by atoms with Crippen LogP contribution < -0.4 is 0 Å². The van der Waals surface area contributed by atoms with Crippen molar-refractivity contribution in [1.82, 2.24) is 20.2 Å². The number of nitrogens with zero attached hydrogens (tertiary/aromatic N) is 3. The molecule has 4 nitrogen and oxygen atoms in total. The largest absolute Gasteiger partial charge is 0.278 e. The lowest BCUT2D eigenvalue weighted by atomic mass is 10.1. The summed E-state index contributed by atoms with van der Waals surface area (Å²) in [6, 6.07) is 12.3. The van der Waals surface area contributed by atoms with Crippen molar-refractivity contribution in [2.24, 2.45) is 0 Å². The molecule has 4 heteroatoms. The Kier molecular flexibility index (Phi) is 2.29. The van der Waals surface area contributed by atoms with E-state index in [-0.39, 0.29) is 0 Å². The lowest BCUT2D eigenvalue weighted by Gasteiger charge is -2.03. The Balaban J connectivity index is 1.92. The Morgan fingerprint density at radius 1 is 0.950 bits per heavy atom. The Morgan fingerprint density at radius 3 is 2.65 bits per heavy atom. The van der Waals surface area contributed by atoms with E-state index in [1.165, 1.54) is 5.56 Å². The summed E-state index contributed by atoms with van der Waals surface area (Å²) in [6.07, 6.45) is 3.61. The van der Waals surface area contributed by atoms with Crippen LogP contribution in [-0.4, -0.2) is 20.2 Å². The molecule has 0 fully saturated rings. The molecule has 2 aromatic heterocycles. The Bertz CT molecular complexity index is 907. The molecule has 20 heavy (non-hydrogen) atoms. The third kappa shape index (κ3) is 1.73. The number of hydrogen-bond donors (Lipinski definition) is 1. The molecule has 0 aliphatic rings. The van der Waals surface area contributed by atoms with Crippen LogP contribution in [0, 0.1) is 6.92 Å². The van der Waals surface area contributed by atoms with Gasteiger partial charge in [-0.2, -0.15) is 5.10 Å². The number of aromatic amines is 1. The van der Waals surface area contributed by atoms with Crippen LogP contribution in [0.2, 0.25) is 0 Å². The average molecular weight is 260 g/mol. The molecule has 2 aromatic carbocycles. The first-order valence-electron chi connectivity index (χ1n) is 6.46. The zero-order valence-electron chi connectivity index (χ0n) is 11.0. The minimum absolute atomic E-state index is 0.875. The van der Waals surface area contributed by atoms with Gasteiger partial charge in [0, 0.05) is 10.9 Å². The molecule has 0 aliphatic heterocycles. The molecule has 0 spiro atoms. The highest BCUT2D eigenvalue weighted by Crippen LogP contribution is 2.22. The van der Waals surface area contributed by atoms with Gasteiger partial charge in [-0.25, -0.2) is 4.98 Å². The molecule has 0 atom stereocenters. The van der Waals surface area contributed by atoms with Crippen LogP contribution in [0.4, 0.5) is 0 Å². The van der Waals surface area contributed by atoms with Gasteiger partial charge in [-0.1, -0.05) is 29.8 Å². The molecule has 4 rings (SSSR count). The van der Waals surface area contributed by atoms with E-state index in [1.54, 1.807) is 6.20 Å².